The minimum atomic E-state index is -0.533. The number of likely N-dealkylation sites (N-methyl/N-ethyl adjacent to an activating group) is 1. The molecule has 1 saturated heterocycles. The third-order valence-corrected chi connectivity index (χ3v) is 3.35. The molecule has 7 heteroatoms. The fraction of sp³-hybridized carbons (Fsp3) is 0.750. The van der Waals surface area contributed by atoms with Crippen molar-refractivity contribution in [1.82, 2.24) is 24.8 Å². The summed E-state index contributed by atoms with van der Waals surface area (Å²) in [4.78, 5) is 16.2. The monoisotopic (exact) mass is 266 g/mol. The maximum absolute atomic E-state index is 12.1. The molecule has 0 spiro atoms. The van der Waals surface area contributed by atoms with Crippen molar-refractivity contribution >= 4 is 5.91 Å². The van der Waals surface area contributed by atoms with Crippen LogP contribution < -0.4 is 5.73 Å². The first kappa shape index (κ1) is 14.0. The molecule has 0 atom stereocenters. The summed E-state index contributed by atoms with van der Waals surface area (Å²) >= 11 is 0. The zero-order valence-electron chi connectivity index (χ0n) is 11.8. The van der Waals surface area contributed by atoms with Crippen LogP contribution in [0, 0.1) is 0 Å². The van der Waals surface area contributed by atoms with E-state index in [1.165, 1.54) is 0 Å². The summed E-state index contributed by atoms with van der Waals surface area (Å²) in [5.41, 5.74) is 6.10. The second kappa shape index (κ2) is 5.26. The van der Waals surface area contributed by atoms with Crippen LogP contribution in [0.1, 0.15) is 19.5 Å². The molecule has 106 valence electrons. The van der Waals surface area contributed by atoms with Gasteiger partial charge in [-0.25, -0.2) is 4.68 Å². The molecule has 0 saturated carbocycles. The lowest BCUT2D eigenvalue weighted by atomic mass is 10.0. The minimum absolute atomic E-state index is 0.0828. The van der Waals surface area contributed by atoms with Crippen molar-refractivity contribution in [1.29, 1.82) is 0 Å². The fourth-order valence-corrected chi connectivity index (χ4v) is 1.97. The maximum Gasteiger partial charge on any atom is 0.244 e. The predicted octanol–water partition coefficient (Wildman–Crippen LogP) is -0.754. The van der Waals surface area contributed by atoms with E-state index in [4.69, 9.17) is 5.73 Å². The van der Waals surface area contributed by atoms with Gasteiger partial charge in [0, 0.05) is 26.2 Å². The predicted molar refractivity (Wildman–Crippen MR) is 71.3 cm³/mol. The van der Waals surface area contributed by atoms with Crippen molar-refractivity contribution < 1.29 is 4.79 Å². The van der Waals surface area contributed by atoms with Gasteiger partial charge >= 0.3 is 0 Å². The third-order valence-electron chi connectivity index (χ3n) is 3.35. The van der Waals surface area contributed by atoms with Gasteiger partial charge in [-0.1, -0.05) is 5.21 Å². The molecule has 7 nitrogen and oxygen atoms in total. The van der Waals surface area contributed by atoms with Gasteiger partial charge in [-0.2, -0.15) is 0 Å². The molecule has 0 aromatic carbocycles. The number of carbonyl (C=O) groups is 1. The molecule has 0 bridgehead atoms. The first-order valence-corrected chi connectivity index (χ1v) is 6.52. The van der Waals surface area contributed by atoms with Gasteiger partial charge in [-0.05, 0) is 20.9 Å². The lowest BCUT2D eigenvalue weighted by Gasteiger charge is -2.32. The average Bonchev–Trinajstić information content (AvgIpc) is 2.78. The molecular formula is C12H22N6O. The molecule has 1 aromatic heterocycles. The van der Waals surface area contributed by atoms with E-state index in [1.807, 2.05) is 18.7 Å². The molecule has 0 radical (unpaired) electrons. The largest absolute Gasteiger partial charge is 0.339 e. The van der Waals surface area contributed by atoms with Crippen molar-refractivity contribution in [3.8, 4) is 0 Å². The average molecular weight is 266 g/mol. The molecule has 1 amide bonds. The number of amides is 1. The summed E-state index contributed by atoms with van der Waals surface area (Å²) in [6.07, 6.45) is 1.74. The molecule has 19 heavy (non-hydrogen) atoms. The van der Waals surface area contributed by atoms with Gasteiger partial charge in [-0.15, -0.1) is 5.10 Å². The molecule has 1 aliphatic rings. The molecule has 1 aromatic rings. The number of nitrogens with zero attached hydrogens (tertiary/aromatic N) is 5. The second-order valence-corrected chi connectivity index (χ2v) is 5.71. The van der Waals surface area contributed by atoms with E-state index in [0.29, 0.717) is 5.69 Å². The lowest BCUT2D eigenvalue weighted by Crippen LogP contribution is -2.48. The van der Waals surface area contributed by atoms with Gasteiger partial charge in [-0.3, -0.25) is 4.79 Å². The van der Waals surface area contributed by atoms with E-state index in [0.717, 1.165) is 26.2 Å². The number of hydrogen-bond acceptors (Lipinski definition) is 5. The summed E-state index contributed by atoms with van der Waals surface area (Å²) in [7, 11) is 2.06. The van der Waals surface area contributed by atoms with Crippen LogP contribution in [0.15, 0.2) is 6.20 Å². The Hall–Kier alpha value is -1.47. The Balaban J connectivity index is 1.94. The van der Waals surface area contributed by atoms with Crippen LogP contribution in [0.2, 0.25) is 0 Å². The highest BCUT2D eigenvalue weighted by Crippen LogP contribution is 2.12. The molecule has 2 heterocycles. The van der Waals surface area contributed by atoms with E-state index in [1.54, 1.807) is 10.9 Å². The Morgan fingerprint density at radius 1 is 1.37 bits per heavy atom. The standard InChI is InChI=1S/C12H22N6O/c1-12(2,13)10-8-18(15-14-10)9-11(19)17-6-4-16(3)5-7-17/h8H,4-7,9,13H2,1-3H3. The van der Waals surface area contributed by atoms with Crippen molar-refractivity contribution in [3.63, 3.8) is 0 Å². The van der Waals surface area contributed by atoms with Crippen LogP contribution in [0.4, 0.5) is 0 Å². The Morgan fingerprint density at radius 3 is 2.53 bits per heavy atom. The van der Waals surface area contributed by atoms with Crippen molar-refractivity contribution in [2.24, 2.45) is 5.73 Å². The van der Waals surface area contributed by atoms with E-state index in [2.05, 4.69) is 22.3 Å². The lowest BCUT2D eigenvalue weighted by molar-refractivity contribution is -0.133. The van der Waals surface area contributed by atoms with Crippen LogP contribution in [0.3, 0.4) is 0 Å². The van der Waals surface area contributed by atoms with E-state index < -0.39 is 5.54 Å². The summed E-state index contributed by atoms with van der Waals surface area (Å²) in [5, 5.41) is 7.97. The summed E-state index contributed by atoms with van der Waals surface area (Å²) < 4.78 is 1.56. The Kier molecular flexibility index (Phi) is 3.86. The summed E-state index contributed by atoms with van der Waals surface area (Å²) in [6.45, 7) is 7.35. The van der Waals surface area contributed by atoms with Gasteiger partial charge in [0.05, 0.1) is 11.7 Å². The Morgan fingerprint density at radius 2 is 2.00 bits per heavy atom. The quantitative estimate of drug-likeness (QED) is 0.778. The van der Waals surface area contributed by atoms with E-state index >= 15 is 0 Å². The van der Waals surface area contributed by atoms with Gasteiger partial charge < -0.3 is 15.5 Å². The molecule has 0 unspecified atom stereocenters. The number of hydrogen-bond donors (Lipinski definition) is 1. The fourth-order valence-electron chi connectivity index (χ4n) is 1.97. The Bertz CT molecular complexity index is 441. The minimum Gasteiger partial charge on any atom is -0.339 e. The SMILES string of the molecule is CN1CCN(C(=O)Cn2cc(C(C)(C)N)nn2)CC1. The maximum atomic E-state index is 12.1. The van der Waals surface area contributed by atoms with Crippen molar-refractivity contribution in [2.75, 3.05) is 33.2 Å². The van der Waals surface area contributed by atoms with Crippen LogP contribution in [-0.2, 0) is 16.9 Å². The van der Waals surface area contributed by atoms with Crippen LogP contribution in [-0.4, -0.2) is 63.9 Å². The normalized spacial score (nSPS) is 17.8. The summed E-state index contributed by atoms with van der Waals surface area (Å²) in [6, 6.07) is 0. The highest BCUT2D eigenvalue weighted by molar-refractivity contribution is 5.76. The molecule has 1 fully saturated rings. The molecular weight excluding hydrogens is 244 g/mol. The smallest absolute Gasteiger partial charge is 0.244 e. The molecule has 0 aliphatic carbocycles. The van der Waals surface area contributed by atoms with Crippen LogP contribution in [0.25, 0.3) is 0 Å². The molecule has 2 rings (SSSR count). The number of nitrogens with two attached hydrogens (primary N) is 1. The highest BCUT2D eigenvalue weighted by atomic mass is 16.2. The first-order valence-electron chi connectivity index (χ1n) is 6.52. The van der Waals surface area contributed by atoms with Gasteiger partial charge in [0.15, 0.2) is 0 Å². The topological polar surface area (TPSA) is 80.3 Å². The summed E-state index contributed by atoms with van der Waals surface area (Å²) in [5.74, 6) is 0.0828. The third kappa shape index (κ3) is 3.51. The molecule has 1 aliphatic heterocycles. The number of carbonyl (C=O) groups excluding carboxylic acids is 1. The number of aromatic nitrogens is 3. The van der Waals surface area contributed by atoms with Gasteiger partial charge in [0.1, 0.15) is 12.2 Å². The molecule has 2 N–H and O–H groups in total. The van der Waals surface area contributed by atoms with E-state index in [-0.39, 0.29) is 12.5 Å². The van der Waals surface area contributed by atoms with Crippen LogP contribution >= 0.6 is 0 Å². The van der Waals surface area contributed by atoms with Crippen molar-refractivity contribution in [3.05, 3.63) is 11.9 Å². The second-order valence-electron chi connectivity index (χ2n) is 5.71. The van der Waals surface area contributed by atoms with E-state index in [9.17, 15) is 4.79 Å². The van der Waals surface area contributed by atoms with Crippen molar-refractivity contribution in [2.45, 2.75) is 25.9 Å². The first-order chi connectivity index (χ1) is 8.86. The number of piperazine rings is 1. The van der Waals surface area contributed by atoms with Gasteiger partial charge in [0.25, 0.3) is 0 Å². The Labute approximate surface area is 113 Å². The highest BCUT2D eigenvalue weighted by Gasteiger charge is 2.22. The zero-order valence-corrected chi connectivity index (χ0v) is 11.8. The zero-order chi connectivity index (χ0) is 14.0. The van der Waals surface area contributed by atoms with Crippen LogP contribution in [0.5, 0.6) is 0 Å². The van der Waals surface area contributed by atoms with Gasteiger partial charge in [0.2, 0.25) is 5.91 Å². The number of rotatable bonds is 3.